The molecular weight excluding hydrogens is 372 g/mol. The van der Waals surface area contributed by atoms with Crippen LogP contribution in [0.5, 0.6) is 0 Å². The average molecular weight is 399 g/mol. The van der Waals surface area contributed by atoms with Crippen molar-refractivity contribution in [3.8, 4) is 0 Å². The fourth-order valence-electron chi connectivity index (χ4n) is 3.89. The summed E-state index contributed by atoms with van der Waals surface area (Å²) < 4.78 is 23.8. The van der Waals surface area contributed by atoms with Crippen molar-refractivity contribution in [2.75, 3.05) is 31.2 Å². The average Bonchev–Trinajstić information content (AvgIpc) is 2.72. The van der Waals surface area contributed by atoms with Crippen LogP contribution < -0.4 is 0 Å². The quantitative estimate of drug-likeness (QED) is 0.773. The normalized spacial score (nSPS) is 27.5. The Kier molecular flexibility index (Phi) is 5.25. The third kappa shape index (κ3) is 4.13. The third-order valence-corrected chi connectivity index (χ3v) is 7.84. The molecule has 0 aliphatic carbocycles. The van der Waals surface area contributed by atoms with Crippen LogP contribution in [-0.4, -0.2) is 51.8 Å². The summed E-state index contributed by atoms with van der Waals surface area (Å²) >= 11 is 0. The van der Waals surface area contributed by atoms with Gasteiger partial charge in [0.1, 0.15) is 0 Å². The second kappa shape index (κ2) is 7.68. The van der Waals surface area contributed by atoms with E-state index in [-0.39, 0.29) is 5.91 Å². The zero-order valence-corrected chi connectivity index (χ0v) is 17.0. The molecule has 2 aliphatic rings. The minimum Gasteiger partial charge on any atom is -0.371 e. The highest BCUT2D eigenvalue weighted by Crippen LogP contribution is 2.33. The van der Waals surface area contributed by atoms with E-state index in [4.69, 9.17) is 4.74 Å². The zero-order valence-electron chi connectivity index (χ0n) is 16.2. The van der Waals surface area contributed by atoms with Crippen LogP contribution in [-0.2, 0) is 14.5 Å². The van der Waals surface area contributed by atoms with Crippen molar-refractivity contribution in [2.45, 2.75) is 25.4 Å². The molecule has 0 aromatic heterocycles. The van der Waals surface area contributed by atoms with Gasteiger partial charge in [0.15, 0.2) is 0 Å². The number of hydrogen-bond donors (Lipinski definition) is 0. The molecule has 0 N–H and O–H groups in total. The van der Waals surface area contributed by atoms with Crippen molar-refractivity contribution in [2.24, 2.45) is 4.36 Å². The topological polar surface area (TPSA) is 59.0 Å². The maximum atomic E-state index is 13.2. The Morgan fingerprint density at radius 3 is 2.43 bits per heavy atom. The molecule has 0 unspecified atom stereocenters. The predicted octanol–water partition coefficient (Wildman–Crippen LogP) is 3.80. The Labute approximate surface area is 166 Å². The van der Waals surface area contributed by atoms with Crippen LogP contribution in [0.4, 0.5) is 5.69 Å². The van der Waals surface area contributed by atoms with Gasteiger partial charge in [0, 0.05) is 23.6 Å². The van der Waals surface area contributed by atoms with E-state index in [0.717, 1.165) is 11.3 Å². The first-order valence-corrected chi connectivity index (χ1v) is 11.6. The maximum absolute atomic E-state index is 13.2. The number of amides is 1. The van der Waals surface area contributed by atoms with Gasteiger partial charge >= 0.3 is 0 Å². The summed E-state index contributed by atoms with van der Waals surface area (Å²) in [5, 5.41) is 0. The number of nitrogens with zero attached hydrogens (tertiary/aromatic N) is 2. The number of benzene rings is 2. The van der Waals surface area contributed by atoms with Gasteiger partial charge in [-0.25, -0.2) is 4.21 Å². The molecule has 2 aliphatic heterocycles. The molecule has 2 aromatic rings. The SMILES string of the molecule is Cc1ccc(C(=O)N2CCOC3(CCS(=O)(=Nc4ccccc4)CC3)C2)cc1. The number of ether oxygens (including phenoxy) is 1. The van der Waals surface area contributed by atoms with Crippen LogP contribution in [0.2, 0.25) is 0 Å². The van der Waals surface area contributed by atoms with Crippen LogP contribution in [0.15, 0.2) is 59.0 Å². The summed E-state index contributed by atoms with van der Waals surface area (Å²) in [5.41, 5.74) is 2.22. The molecule has 0 atom stereocenters. The Balaban J connectivity index is 1.46. The van der Waals surface area contributed by atoms with Crippen molar-refractivity contribution in [1.29, 1.82) is 0 Å². The number of carbonyl (C=O) groups is 1. The Bertz CT molecular complexity index is 949. The molecule has 2 saturated heterocycles. The second-order valence-electron chi connectivity index (χ2n) is 7.73. The lowest BCUT2D eigenvalue weighted by Crippen LogP contribution is -2.56. The highest BCUT2D eigenvalue weighted by Gasteiger charge is 2.42. The van der Waals surface area contributed by atoms with Gasteiger partial charge in [-0.1, -0.05) is 35.9 Å². The highest BCUT2D eigenvalue weighted by atomic mass is 32.2. The lowest BCUT2D eigenvalue weighted by Gasteiger charge is -2.45. The van der Waals surface area contributed by atoms with E-state index < -0.39 is 15.3 Å². The Morgan fingerprint density at radius 1 is 1.07 bits per heavy atom. The first-order chi connectivity index (χ1) is 13.5. The molecule has 2 heterocycles. The van der Waals surface area contributed by atoms with E-state index >= 15 is 0 Å². The summed E-state index contributed by atoms with van der Waals surface area (Å²) in [4.78, 5) is 14.8. The number of carbonyl (C=O) groups excluding carboxylic acids is 1. The molecule has 4 rings (SSSR count). The summed E-state index contributed by atoms with van der Waals surface area (Å²) in [5.74, 6) is 1.06. The zero-order chi connectivity index (χ0) is 19.6. The van der Waals surface area contributed by atoms with Gasteiger partial charge in [0.25, 0.3) is 5.91 Å². The van der Waals surface area contributed by atoms with Crippen LogP contribution in [0.3, 0.4) is 0 Å². The summed E-state index contributed by atoms with van der Waals surface area (Å²) in [7, 11) is -2.27. The molecule has 1 amide bonds. The fourth-order valence-corrected chi connectivity index (χ4v) is 6.16. The van der Waals surface area contributed by atoms with E-state index in [1.165, 1.54) is 0 Å². The van der Waals surface area contributed by atoms with E-state index in [9.17, 15) is 9.00 Å². The van der Waals surface area contributed by atoms with Gasteiger partial charge in [0.05, 0.1) is 34.2 Å². The monoisotopic (exact) mass is 398 g/mol. The lowest BCUT2D eigenvalue weighted by molar-refractivity contribution is -0.104. The molecule has 6 heteroatoms. The first kappa shape index (κ1) is 19.2. The smallest absolute Gasteiger partial charge is 0.254 e. The molecular formula is C22H26N2O3S. The minimum atomic E-state index is -2.27. The van der Waals surface area contributed by atoms with E-state index in [1.54, 1.807) is 0 Å². The van der Waals surface area contributed by atoms with Gasteiger partial charge in [-0.05, 0) is 44.0 Å². The summed E-state index contributed by atoms with van der Waals surface area (Å²) in [6, 6.07) is 17.2. The van der Waals surface area contributed by atoms with Crippen LogP contribution >= 0.6 is 0 Å². The molecule has 28 heavy (non-hydrogen) atoms. The van der Waals surface area contributed by atoms with Crippen LogP contribution in [0, 0.1) is 6.92 Å². The van der Waals surface area contributed by atoms with Gasteiger partial charge in [0.2, 0.25) is 0 Å². The molecule has 0 bridgehead atoms. The number of hydrogen-bond acceptors (Lipinski definition) is 4. The van der Waals surface area contributed by atoms with Crippen molar-refractivity contribution in [3.05, 3.63) is 65.7 Å². The predicted molar refractivity (Wildman–Crippen MR) is 111 cm³/mol. The largest absolute Gasteiger partial charge is 0.371 e. The number of rotatable bonds is 2. The third-order valence-electron chi connectivity index (χ3n) is 5.62. The molecule has 2 fully saturated rings. The van der Waals surface area contributed by atoms with Crippen molar-refractivity contribution < 1.29 is 13.7 Å². The van der Waals surface area contributed by atoms with Crippen molar-refractivity contribution in [3.63, 3.8) is 0 Å². The van der Waals surface area contributed by atoms with Crippen LogP contribution in [0.25, 0.3) is 0 Å². The lowest BCUT2D eigenvalue weighted by atomic mass is 9.94. The van der Waals surface area contributed by atoms with E-state index in [1.807, 2.05) is 66.4 Å². The van der Waals surface area contributed by atoms with Crippen molar-refractivity contribution in [1.82, 2.24) is 4.90 Å². The maximum Gasteiger partial charge on any atom is 0.254 e. The van der Waals surface area contributed by atoms with Crippen LogP contribution in [0.1, 0.15) is 28.8 Å². The molecule has 148 valence electrons. The van der Waals surface area contributed by atoms with Gasteiger partial charge in [-0.2, -0.15) is 4.36 Å². The number of aryl methyl sites for hydroxylation is 1. The standard InChI is InChI=1S/C22H26N2O3S/c1-18-7-9-19(10-8-18)21(25)24-13-14-27-22(17-24)11-15-28(26,16-12-22)23-20-5-3-2-4-6-20/h2-10H,11-17H2,1H3. The Hall–Kier alpha value is -2.18. The van der Waals surface area contributed by atoms with E-state index in [2.05, 4.69) is 4.36 Å². The molecule has 0 radical (unpaired) electrons. The molecule has 5 nitrogen and oxygen atoms in total. The first-order valence-electron chi connectivity index (χ1n) is 9.75. The second-order valence-corrected chi connectivity index (χ2v) is 10.3. The summed E-state index contributed by atoms with van der Waals surface area (Å²) in [6.07, 6.45) is 1.33. The van der Waals surface area contributed by atoms with Gasteiger partial charge in [-0.3, -0.25) is 4.79 Å². The van der Waals surface area contributed by atoms with E-state index in [0.29, 0.717) is 49.6 Å². The van der Waals surface area contributed by atoms with Gasteiger partial charge in [-0.15, -0.1) is 0 Å². The Morgan fingerprint density at radius 2 is 1.75 bits per heavy atom. The molecule has 0 saturated carbocycles. The molecule has 1 spiro atoms. The minimum absolute atomic E-state index is 0.0444. The number of morpholine rings is 1. The molecule has 2 aromatic carbocycles. The highest BCUT2D eigenvalue weighted by molar-refractivity contribution is 7.93. The van der Waals surface area contributed by atoms with Crippen molar-refractivity contribution >= 4 is 21.3 Å². The summed E-state index contributed by atoms with van der Waals surface area (Å²) in [6.45, 7) is 3.69. The van der Waals surface area contributed by atoms with Gasteiger partial charge < -0.3 is 9.64 Å². The fraction of sp³-hybridized carbons (Fsp3) is 0.409.